The Morgan fingerprint density at radius 2 is 2.28 bits per heavy atom. The Bertz CT molecular complexity index is 550. The summed E-state index contributed by atoms with van der Waals surface area (Å²) in [4.78, 5) is 11.1. The number of hydrogen-bond donors (Lipinski definition) is 1. The summed E-state index contributed by atoms with van der Waals surface area (Å²) in [5, 5.41) is 4.11. The number of nitrogens with zero attached hydrogens (tertiary/aromatic N) is 2. The molecule has 2 rings (SSSR count). The molecule has 0 amide bonds. The highest BCUT2D eigenvalue weighted by molar-refractivity contribution is 7.18. The predicted octanol–water partition coefficient (Wildman–Crippen LogP) is 3.25. The molecular weight excluding hydrogens is 246 g/mol. The smallest absolute Gasteiger partial charge is 0.227 e. The first-order valence-electron chi connectivity index (χ1n) is 6.06. The molecule has 2 heterocycles. The van der Waals surface area contributed by atoms with E-state index >= 15 is 0 Å². The lowest BCUT2D eigenvalue weighted by Gasteiger charge is -2.06. The number of ether oxygens (including phenoxy) is 1. The van der Waals surface area contributed by atoms with E-state index in [0.29, 0.717) is 18.4 Å². The summed E-state index contributed by atoms with van der Waals surface area (Å²) in [6.45, 7) is 9.05. The monoisotopic (exact) mass is 263 g/mol. The average Bonchev–Trinajstić information content (AvgIpc) is 2.79. The van der Waals surface area contributed by atoms with Gasteiger partial charge in [0, 0.05) is 11.4 Å². The minimum atomic E-state index is 0.453. The molecule has 0 spiro atoms. The van der Waals surface area contributed by atoms with Crippen molar-refractivity contribution in [3.63, 3.8) is 0 Å². The molecule has 0 aliphatic carbocycles. The van der Waals surface area contributed by atoms with Gasteiger partial charge < -0.3 is 10.1 Å². The van der Waals surface area contributed by atoms with Crippen molar-refractivity contribution in [2.75, 3.05) is 18.5 Å². The van der Waals surface area contributed by atoms with E-state index in [1.54, 1.807) is 17.4 Å². The van der Waals surface area contributed by atoms with Crippen molar-refractivity contribution in [1.82, 2.24) is 9.97 Å². The van der Waals surface area contributed by atoms with Crippen molar-refractivity contribution in [3.8, 4) is 5.88 Å². The molecule has 18 heavy (non-hydrogen) atoms. The van der Waals surface area contributed by atoms with Crippen LogP contribution in [0.2, 0.25) is 0 Å². The number of rotatable bonds is 6. The summed E-state index contributed by atoms with van der Waals surface area (Å²) in [5.41, 5.74) is 0. The average molecular weight is 263 g/mol. The summed E-state index contributed by atoms with van der Waals surface area (Å²) >= 11 is 1.69. The van der Waals surface area contributed by atoms with Gasteiger partial charge in [0.05, 0.1) is 5.39 Å². The van der Waals surface area contributed by atoms with E-state index in [4.69, 9.17) is 4.74 Å². The molecule has 0 radical (unpaired) electrons. The maximum Gasteiger partial charge on any atom is 0.227 e. The third-order valence-electron chi connectivity index (χ3n) is 2.43. The Morgan fingerprint density at radius 1 is 1.44 bits per heavy atom. The van der Waals surface area contributed by atoms with E-state index in [-0.39, 0.29) is 0 Å². The predicted molar refractivity (Wildman–Crippen MR) is 76.6 cm³/mol. The number of nitrogens with one attached hydrogen (secondary N) is 1. The van der Waals surface area contributed by atoms with Gasteiger partial charge in [-0.15, -0.1) is 11.3 Å². The third-order valence-corrected chi connectivity index (χ3v) is 3.60. The van der Waals surface area contributed by atoms with E-state index in [0.717, 1.165) is 23.2 Å². The summed E-state index contributed by atoms with van der Waals surface area (Å²) < 4.78 is 5.61. The topological polar surface area (TPSA) is 47.0 Å². The van der Waals surface area contributed by atoms with E-state index in [9.17, 15) is 0 Å². The molecule has 0 fully saturated rings. The number of aromatic nitrogens is 2. The zero-order chi connectivity index (χ0) is 13.0. The molecule has 0 saturated heterocycles. The van der Waals surface area contributed by atoms with Crippen molar-refractivity contribution in [1.29, 1.82) is 0 Å². The van der Waals surface area contributed by atoms with Crippen molar-refractivity contribution >= 4 is 27.5 Å². The molecule has 96 valence electrons. The van der Waals surface area contributed by atoms with Crippen LogP contribution in [0.4, 0.5) is 5.95 Å². The molecule has 1 N–H and O–H groups in total. The van der Waals surface area contributed by atoms with Crippen LogP contribution >= 0.6 is 11.3 Å². The summed E-state index contributed by atoms with van der Waals surface area (Å²) in [7, 11) is 0. The normalized spacial score (nSPS) is 10.6. The number of thiophene rings is 1. The second kappa shape index (κ2) is 5.82. The van der Waals surface area contributed by atoms with Gasteiger partial charge >= 0.3 is 0 Å². The molecular formula is C13H17N3OS. The number of fused-ring (bicyclic) bond motifs is 1. The number of aryl methyl sites for hydroxylation is 1. The van der Waals surface area contributed by atoms with E-state index in [2.05, 4.69) is 34.9 Å². The zero-order valence-electron chi connectivity index (χ0n) is 10.7. The molecule has 2 aromatic rings. The Kier molecular flexibility index (Phi) is 4.15. The standard InChI is InChI=1S/C13H17N3OS/c1-4-7-17-11-10-8-9(5-2)18-12(10)16-13(15-11)14-6-3/h4,8H,1,5-7H2,2-3H3,(H,14,15,16). The van der Waals surface area contributed by atoms with E-state index in [1.165, 1.54) is 4.88 Å². The molecule has 4 nitrogen and oxygen atoms in total. The van der Waals surface area contributed by atoms with Crippen molar-refractivity contribution in [2.24, 2.45) is 0 Å². The van der Waals surface area contributed by atoms with Gasteiger partial charge in [-0.1, -0.05) is 19.6 Å². The van der Waals surface area contributed by atoms with Crippen LogP contribution in [0.1, 0.15) is 18.7 Å². The first-order valence-corrected chi connectivity index (χ1v) is 6.88. The Labute approximate surface area is 111 Å². The van der Waals surface area contributed by atoms with Crippen LogP contribution in [0.25, 0.3) is 10.2 Å². The Hall–Kier alpha value is -1.62. The van der Waals surface area contributed by atoms with Gasteiger partial charge in [0.1, 0.15) is 11.4 Å². The van der Waals surface area contributed by atoms with Crippen LogP contribution in [0.15, 0.2) is 18.7 Å². The van der Waals surface area contributed by atoms with E-state index < -0.39 is 0 Å². The molecule has 0 aliphatic heterocycles. The van der Waals surface area contributed by atoms with Crippen LogP contribution in [0, 0.1) is 0 Å². The van der Waals surface area contributed by atoms with Gasteiger partial charge in [0.15, 0.2) is 0 Å². The quantitative estimate of drug-likeness (QED) is 0.813. The van der Waals surface area contributed by atoms with Crippen molar-refractivity contribution < 1.29 is 4.74 Å². The van der Waals surface area contributed by atoms with Gasteiger partial charge in [-0.25, -0.2) is 4.98 Å². The Morgan fingerprint density at radius 3 is 2.94 bits per heavy atom. The molecule has 0 saturated carbocycles. The molecule has 5 heteroatoms. The van der Waals surface area contributed by atoms with Crippen LogP contribution in [0.5, 0.6) is 5.88 Å². The second-order valence-corrected chi connectivity index (χ2v) is 4.88. The van der Waals surface area contributed by atoms with Gasteiger partial charge in [-0.05, 0) is 19.4 Å². The Balaban J connectivity index is 2.47. The first kappa shape index (κ1) is 12.8. The van der Waals surface area contributed by atoms with Crippen molar-refractivity contribution in [3.05, 3.63) is 23.6 Å². The summed E-state index contributed by atoms with van der Waals surface area (Å²) in [5.74, 6) is 1.25. The highest BCUT2D eigenvalue weighted by atomic mass is 32.1. The lowest BCUT2D eigenvalue weighted by molar-refractivity contribution is 0.353. The third kappa shape index (κ3) is 2.61. The maximum absolute atomic E-state index is 5.61. The summed E-state index contributed by atoms with van der Waals surface area (Å²) in [6, 6.07) is 2.11. The van der Waals surface area contributed by atoms with Gasteiger partial charge in [0.2, 0.25) is 11.8 Å². The molecule has 0 unspecified atom stereocenters. The molecule has 0 aliphatic rings. The minimum Gasteiger partial charge on any atom is -0.473 e. The van der Waals surface area contributed by atoms with E-state index in [1.807, 2.05) is 6.92 Å². The fourth-order valence-electron chi connectivity index (χ4n) is 1.60. The molecule has 0 atom stereocenters. The lowest BCUT2D eigenvalue weighted by Crippen LogP contribution is -2.04. The molecule has 0 aromatic carbocycles. The minimum absolute atomic E-state index is 0.453. The van der Waals surface area contributed by atoms with Crippen LogP contribution < -0.4 is 10.1 Å². The van der Waals surface area contributed by atoms with Crippen LogP contribution in [0.3, 0.4) is 0 Å². The SMILES string of the molecule is C=CCOc1nc(NCC)nc2sc(CC)cc12. The van der Waals surface area contributed by atoms with Gasteiger partial charge in [-0.3, -0.25) is 0 Å². The maximum atomic E-state index is 5.61. The highest BCUT2D eigenvalue weighted by Gasteiger charge is 2.11. The number of hydrogen-bond acceptors (Lipinski definition) is 5. The van der Waals surface area contributed by atoms with Gasteiger partial charge in [-0.2, -0.15) is 4.98 Å². The highest BCUT2D eigenvalue weighted by Crippen LogP contribution is 2.31. The van der Waals surface area contributed by atoms with Crippen LogP contribution in [-0.2, 0) is 6.42 Å². The van der Waals surface area contributed by atoms with Gasteiger partial charge in [0.25, 0.3) is 0 Å². The molecule has 0 bridgehead atoms. The second-order valence-electron chi connectivity index (χ2n) is 3.77. The number of anilines is 1. The van der Waals surface area contributed by atoms with Crippen molar-refractivity contribution in [2.45, 2.75) is 20.3 Å². The largest absolute Gasteiger partial charge is 0.473 e. The summed E-state index contributed by atoms with van der Waals surface area (Å²) in [6.07, 6.45) is 2.71. The van der Waals surface area contributed by atoms with Crippen LogP contribution in [-0.4, -0.2) is 23.1 Å². The first-order chi connectivity index (χ1) is 8.78. The zero-order valence-corrected chi connectivity index (χ0v) is 11.5. The fourth-order valence-corrected chi connectivity index (χ4v) is 2.56. The molecule has 2 aromatic heterocycles. The lowest BCUT2D eigenvalue weighted by atomic mass is 10.3. The fraction of sp³-hybridized carbons (Fsp3) is 0.385.